The molecule has 22 heavy (non-hydrogen) atoms. The second-order valence-corrected chi connectivity index (χ2v) is 9.67. The topological polar surface area (TPSA) is 79.8 Å². The molecule has 2 atom stereocenters. The first-order valence-corrected chi connectivity index (χ1v) is 9.90. The van der Waals surface area contributed by atoms with E-state index < -0.39 is 9.84 Å². The zero-order chi connectivity index (χ0) is 16.2. The lowest BCUT2D eigenvalue weighted by molar-refractivity contribution is 0.186. The van der Waals surface area contributed by atoms with Crippen LogP contribution in [0, 0.1) is 11.8 Å². The Kier molecular flexibility index (Phi) is 5.71. The maximum atomic E-state index is 11.5. The smallest absolute Gasteiger partial charge is 0.191 e. The van der Waals surface area contributed by atoms with Crippen LogP contribution < -0.4 is 10.6 Å². The van der Waals surface area contributed by atoms with Crippen molar-refractivity contribution >= 4 is 15.8 Å². The molecule has 2 heterocycles. The molecule has 0 aliphatic carbocycles. The number of hydrogen-bond acceptors (Lipinski definition) is 4. The lowest BCUT2D eigenvalue weighted by Crippen LogP contribution is -2.49. The summed E-state index contributed by atoms with van der Waals surface area (Å²) in [7, 11) is -2.83. The molecule has 0 spiro atoms. The minimum absolute atomic E-state index is 0.0836. The summed E-state index contributed by atoms with van der Waals surface area (Å²) in [4.78, 5) is 4.61. The molecule has 0 radical (unpaired) electrons. The third-order valence-electron chi connectivity index (χ3n) is 3.91. The second-order valence-electron chi connectivity index (χ2n) is 7.44. The van der Waals surface area contributed by atoms with Crippen LogP contribution in [-0.2, 0) is 14.6 Å². The summed E-state index contributed by atoms with van der Waals surface area (Å²) in [5.74, 6) is 2.03. The summed E-state index contributed by atoms with van der Waals surface area (Å²) >= 11 is 0. The van der Waals surface area contributed by atoms with Crippen LogP contribution in [0.25, 0.3) is 0 Å². The summed E-state index contributed by atoms with van der Waals surface area (Å²) in [6.45, 7) is 9.30. The molecule has 2 rings (SSSR count). The Morgan fingerprint density at radius 3 is 2.59 bits per heavy atom. The zero-order valence-electron chi connectivity index (χ0n) is 13.9. The third kappa shape index (κ3) is 6.12. The average Bonchev–Trinajstić information content (AvgIpc) is 3.00. The van der Waals surface area contributed by atoms with Crippen molar-refractivity contribution in [1.29, 1.82) is 0 Å². The van der Waals surface area contributed by atoms with Gasteiger partial charge in [-0.05, 0) is 39.5 Å². The van der Waals surface area contributed by atoms with Gasteiger partial charge in [0.05, 0.1) is 18.1 Å². The molecule has 2 saturated heterocycles. The number of sulfone groups is 1. The second kappa shape index (κ2) is 7.17. The van der Waals surface area contributed by atoms with Crippen LogP contribution in [0.2, 0.25) is 0 Å². The Hall–Kier alpha value is -0.820. The highest BCUT2D eigenvalue weighted by Gasteiger charge is 2.27. The van der Waals surface area contributed by atoms with Gasteiger partial charge in [0.1, 0.15) is 0 Å². The van der Waals surface area contributed by atoms with E-state index in [1.807, 2.05) is 0 Å². The maximum absolute atomic E-state index is 11.5. The van der Waals surface area contributed by atoms with E-state index in [9.17, 15) is 8.42 Å². The Bertz CT molecular complexity index is 491. The van der Waals surface area contributed by atoms with E-state index in [-0.39, 0.29) is 17.2 Å². The number of ether oxygens (including phenoxy) is 1. The van der Waals surface area contributed by atoms with Crippen molar-refractivity contribution in [2.24, 2.45) is 16.8 Å². The lowest BCUT2D eigenvalue weighted by atomic mass is 10.1. The van der Waals surface area contributed by atoms with E-state index in [0.29, 0.717) is 18.2 Å². The van der Waals surface area contributed by atoms with Crippen molar-refractivity contribution in [3.8, 4) is 0 Å². The van der Waals surface area contributed by atoms with Gasteiger partial charge in [-0.1, -0.05) is 0 Å². The van der Waals surface area contributed by atoms with Gasteiger partial charge in [0.2, 0.25) is 0 Å². The number of rotatable bonds is 4. The van der Waals surface area contributed by atoms with Gasteiger partial charge in [-0.2, -0.15) is 0 Å². The SMILES string of the molecule is CC(C)(C)NC(=NCC1CCS(=O)(=O)C1)NCC1CCOC1. The van der Waals surface area contributed by atoms with E-state index in [4.69, 9.17) is 4.74 Å². The third-order valence-corrected chi connectivity index (χ3v) is 5.75. The van der Waals surface area contributed by atoms with Crippen LogP contribution >= 0.6 is 0 Å². The number of aliphatic imine (C=N–C) groups is 1. The monoisotopic (exact) mass is 331 g/mol. The molecule has 0 aromatic heterocycles. The molecule has 0 amide bonds. The minimum atomic E-state index is -2.83. The Morgan fingerprint density at radius 1 is 1.27 bits per heavy atom. The van der Waals surface area contributed by atoms with Crippen molar-refractivity contribution < 1.29 is 13.2 Å². The first-order valence-electron chi connectivity index (χ1n) is 8.08. The molecule has 128 valence electrons. The van der Waals surface area contributed by atoms with Crippen LogP contribution in [0.1, 0.15) is 33.6 Å². The highest BCUT2D eigenvalue weighted by atomic mass is 32.2. The van der Waals surface area contributed by atoms with E-state index >= 15 is 0 Å². The fourth-order valence-corrected chi connectivity index (χ4v) is 4.57. The van der Waals surface area contributed by atoms with Crippen molar-refractivity contribution in [3.63, 3.8) is 0 Å². The predicted octanol–water partition coefficient (Wildman–Crippen LogP) is 0.791. The summed E-state index contributed by atoms with van der Waals surface area (Å²) in [5, 5.41) is 6.75. The summed E-state index contributed by atoms with van der Waals surface area (Å²) in [6.07, 6.45) is 1.81. The molecule has 0 aromatic carbocycles. The van der Waals surface area contributed by atoms with Gasteiger partial charge in [0.15, 0.2) is 15.8 Å². The van der Waals surface area contributed by atoms with E-state index in [2.05, 4.69) is 36.4 Å². The minimum Gasteiger partial charge on any atom is -0.381 e. The highest BCUT2D eigenvalue weighted by molar-refractivity contribution is 7.91. The summed E-state index contributed by atoms with van der Waals surface area (Å²) in [5.41, 5.74) is -0.0836. The molecule has 0 saturated carbocycles. The first-order chi connectivity index (χ1) is 10.2. The molecule has 0 aromatic rings. The molecule has 2 aliphatic heterocycles. The molecule has 7 heteroatoms. The van der Waals surface area contributed by atoms with Crippen LogP contribution in [0.4, 0.5) is 0 Å². The number of hydrogen-bond donors (Lipinski definition) is 2. The summed E-state index contributed by atoms with van der Waals surface area (Å²) < 4.78 is 28.4. The average molecular weight is 331 g/mol. The molecule has 2 N–H and O–H groups in total. The molecule has 2 unspecified atom stereocenters. The van der Waals surface area contributed by atoms with Gasteiger partial charge >= 0.3 is 0 Å². The van der Waals surface area contributed by atoms with Gasteiger partial charge in [0, 0.05) is 31.2 Å². The molecule has 2 aliphatic rings. The van der Waals surface area contributed by atoms with Crippen molar-refractivity contribution in [1.82, 2.24) is 10.6 Å². The highest BCUT2D eigenvalue weighted by Crippen LogP contribution is 2.18. The van der Waals surface area contributed by atoms with E-state index in [0.717, 1.165) is 38.6 Å². The Morgan fingerprint density at radius 2 is 2.05 bits per heavy atom. The van der Waals surface area contributed by atoms with Crippen LogP contribution in [0.3, 0.4) is 0 Å². The van der Waals surface area contributed by atoms with Crippen LogP contribution in [0.15, 0.2) is 4.99 Å². The lowest BCUT2D eigenvalue weighted by Gasteiger charge is -2.25. The fraction of sp³-hybridized carbons (Fsp3) is 0.933. The number of nitrogens with one attached hydrogen (secondary N) is 2. The molecule has 0 bridgehead atoms. The standard InChI is InChI=1S/C15H29N3O3S/c1-15(2,3)18-14(16-8-12-4-6-21-10-12)17-9-13-5-7-22(19,20)11-13/h12-13H,4-11H2,1-3H3,(H2,16,17,18). The largest absolute Gasteiger partial charge is 0.381 e. The van der Waals surface area contributed by atoms with Crippen LogP contribution in [0.5, 0.6) is 0 Å². The van der Waals surface area contributed by atoms with Crippen molar-refractivity contribution in [3.05, 3.63) is 0 Å². The van der Waals surface area contributed by atoms with Gasteiger partial charge < -0.3 is 15.4 Å². The number of nitrogens with zero attached hydrogens (tertiary/aromatic N) is 1. The Labute approximate surface area is 134 Å². The molecule has 2 fully saturated rings. The maximum Gasteiger partial charge on any atom is 0.191 e. The normalized spacial score (nSPS) is 28.8. The fourth-order valence-electron chi connectivity index (χ4n) is 2.72. The van der Waals surface area contributed by atoms with Crippen molar-refractivity contribution in [2.75, 3.05) is 37.8 Å². The number of guanidine groups is 1. The van der Waals surface area contributed by atoms with Gasteiger partial charge in [-0.25, -0.2) is 8.42 Å². The predicted molar refractivity (Wildman–Crippen MR) is 88.9 cm³/mol. The van der Waals surface area contributed by atoms with Gasteiger partial charge in [0.25, 0.3) is 0 Å². The van der Waals surface area contributed by atoms with Gasteiger partial charge in [-0.3, -0.25) is 4.99 Å². The van der Waals surface area contributed by atoms with Crippen LogP contribution in [-0.4, -0.2) is 57.7 Å². The Balaban J connectivity index is 1.89. The van der Waals surface area contributed by atoms with E-state index in [1.165, 1.54) is 0 Å². The first kappa shape index (κ1) is 17.5. The zero-order valence-corrected chi connectivity index (χ0v) is 14.7. The quantitative estimate of drug-likeness (QED) is 0.588. The van der Waals surface area contributed by atoms with Crippen molar-refractivity contribution in [2.45, 2.75) is 39.2 Å². The van der Waals surface area contributed by atoms with Gasteiger partial charge in [-0.15, -0.1) is 0 Å². The summed E-state index contributed by atoms with van der Waals surface area (Å²) in [6, 6.07) is 0. The molecule has 6 nitrogen and oxygen atoms in total. The van der Waals surface area contributed by atoms with E-state index in [1.54, 1.807) is 0 Å². The molecular weight excluding hydrogens is 302 g/mol. The molecular formula is C15H29N3O3S.